The third-order valence-electron chi connectivity index (χ3n) is 3.97. The summed E-state index contributed by atoms with van der Waals surface area (Å²) in [7, 11) is 1.64. The first kappa shape index (κ1) is 14.5. The molecule has 5 nitrogen and oxygen atoms in total. The van der Waals surface area contributed by atoms with Crippen molar-refractivity contribution in [1.82, 2.24) is 5.32 Å². The van der Waals surface area contributed by atoms with Gasteiger partial charge in [-0.25, -0.2) is 0 Å². The fourth-order valence-corrected chi connectivity index (χ4v) is 2.36. The van der Waals surface area contributed by atoms with Crippen molar-refractivity contribution < 1.29 is 14.7 Å². The number of anilines is 1. The number of carbonyl (C=O) groups is 2. The zero-order valence-corrected chi connectivity index (χ0v) is 11.8. The van der Waals surface area contributed by atoms with Gasteiger partial charge in [-0.3, -0.25) is 9.59 Å². The van der Waals surface area contributed by atoms with E-state index in [9.17, 15) is 14.7 Å². The second-order valence-electron chi connectivity index (χ2n) is 5.34. The lowest BCUT2D eigenvalue weighted by Crippen LogP contribution is -2.56. The predicted octanol–water partition coefficient (Wildman–Crippen LogP) is 1.31. The number of amides is 2. The minimum absolute atomic E-state index is 0.0521. The molecule has 5 heteroatoms. The molecule has 108 valence electrons. The highest BCUT2D eigenvalue weighted by molar-refractivity contribution is 6.04. The van der Waals surface area contributed by atoms with E-state index < -0.39 is 5.54 Å². The lowest BCUT2D eigenvalue weighted by molar-refractivity contribution is -0.116. The van der Waals surface area contributed by atoms with Gasteiger partial charge in [0.2, 0.25) is 5.91 Å². The van der Waals surface area contributed by atoms with Gasteiger partial charge in [0.1, 0.15) is 0 Å². The zero-order valence-electron chi connectivity index (χ0n) is 11.8. The maximum atomic E-state index is 12.4. The molecule has 0 bridgehead atoms. The number of aliphatic hydroxyl groups is 1. The number of carbonyl (C=O) groups excluding carboxylic acids is 2. The highest BCUT2D eigenvalue weighted by Gasteiger charge is 2.38. The van der Waals surface area contributed by atoms with Crippen LogP contribution in [0.2, 0.25) is 0 Å². The maximum Gasteiger partial charge on any atom is 0.253 e. The first-order valence-corrected chi connectivity index (χ1v) is 6.76. The summed E-state index contributed by atoms with van der Waals surface area (Å²) < 4.78 is 0. The van der Waals surface area contributed by atoms with Gasteiger partial charge in [-0.05, 0) is 31.4 Å². The van der Waals surface area contributed by atoms with Crippen LogP contribution >= 0.6 is 0 Å². The average Bonchev–Trinajstić information content (AvgIpc) is 2.41. The number of para-hydroxylation sites is 1. The van der Waals surface area contributed by atoms with Gasteiger partial charge in [0.25, 0.3) is 5.91 Å². The lowest BCUT2D eigenvalue weighted by atomic mass is 9.77. The molecular weight excluding hydrogens is 256 g/mol. The molecule has 0 heterocycles. The summed E-state index contributed by atoms with van der Waals surface area (Å²) in [5.41, 5.74) is 0.536. The minimum Gasteiger partial charge on any atom is -0.394 e. The highest BCUT2D eigenvalue weighted by atomic mass is 16.3. The minimum atomic E-state index is -0.487. The highest BCUT2D eigenvalue weighted by Crippen LogP contribution is 2.32. The summed E-state index contributed by atoms with van der Waals surface area (Å²) in [5.74, 6) is -0.381. The van der Waals surface area contributed by atoms with Crippen molar-refractivity contribution in [1.29, 1.82) is 0 Å². The van der Waals surface area contributed by atoms with E-state index in [1.54, 1.807) is 31.3 Å². The number of rotatable bonds is 4. The van der Waals surface area contributed by atoms with E-state index in [1.807, 2.05) is 0 Å². The molecule has 1 aromatic rings. The normalized spacial score (nSPS) is 16.1. The summed E-state index contributed by atoms with van der Waals surface area (Å²) in [6, 6.07) is 6.98. The van der Waals surface area contributed by atoms with Gasteiger partial charge < -0.3 is 15.3 Å². The first-order chi connectivity index (χ1) is 9.49. The van der Waals surface area contributed by atoms with Gasteiger partial charge in [0, 0.05) is 14.0 Å². The summed E-state index contributed by atoms with van der Waals surface area (Å²) in [6.45, 7) is 1.40. The van der Waals surface area contributed by atoms with Crippen LogP contribution in [0.25, 0.3) is 0 Å². The van der Waals surface area contributed by atoms with Crippen molar-refractivity contribution >= 4 is 17.5 Å². The number of benzene rings is 1. The first-order valence-electron chi connectivity index (χ1n) is 6.76. The standard InChI is InChI=1S/C15H20N2O3/c1-11(19)17(2)13-7-4-3-6-12(13)14(20)16-15(10-18)8-5-9-15/h3-4,6-7,18H,5,8-10H2,1-2H3,(H,16,20). The van der Waals surface area contributed by atoms with Crippen molar-refractivity contribution in [2.75, 3.05) is 18.6 Å². The Morgan fingerprint density at radius 2 is 2.00 bits per heavy atom. The molecular formula is C15H20N2O3. The second-order valence-corrected chi connectivity index (χ2v) is 5.34. The Bertz CT molecular complexity index is 518. The number of nitrogens with one attached hydrogen (secondary N) is 1. The van der Waals surface area contributed by atoms with E-state index in [1.165, 1.54) is 11.8 Å². The van der Waals surface area contributed by atoms with E-state index in [0.717, 1.165) is 19.3 Å². The van der Waals surface area contributed by atoms with E-state index >= 15 is 0 Å². The van der Waals surface area contributed by atoms with Crippen LogP contribution in [0.3, 0.4) is 0 Å². The Labute approximate surface area is 118 Å². The van der Waals surface area contributed by atoms with Crippen molar-refractivity contribution in [2.45, 2.75) is 31.7 Å². The molecule has 2 rings (SSSR count). The molecule has 0 saturated heterocycles. The van der Waals surface area contributed by atoms with E-state index in [0.29, 0.717) is 11.3 Å². The van der Waals surface area contributed by atoms with Gasteiger partial charge in [-0.1, -0.05) is 12.1 Å². The van der Waals surface area contributed by atoms with Gasteiger partial charge in [0.15, 0.2) is 0 Å². The molecule has 2 N–H and O–H groups in total. The van der Waals surface area contributed by atoms with E-state index in [4.69, 9.17) is 0 Å². The molecule has 1 aromatic carbocycles. The Hall–Kier alpha value is -1.88. The van der Waals surface area contributed by atoms with Crippen LogP contribution in [0.1, 0.15) is 36.5 Å². The molecule has 0 aromatic heterocycles. The van der Waals surface area contributed by atoms with Crippen molar-refractivity contribution in [2.24, 2.45) is 0 Å². The second kappa shape index (κ2) is 5.63. The third-order valence-corrected chi connectivity index (χ3v) is 3.97. The van der Waals surface area contributed by atoms with Gasteiger partial charge in [-0.2, -0.15) is 0 Å². The quantitative estimate of drug-likeness (QED) is 0.871. The fraction of sp³-hybridized carbons (Fsp3) is 0.467. The molecule has 1 fully saturated rings. The molecule has 0 spiro atoms. The summed E-state index contributed by atoms with van der Waals surface area (Å²) in [6.07, 6.45) is 2.59. The summed E-state index contributed by atoms with van der Waals surface area (Å²) >= 11 is 0. The molecule has 1 saturated carbocycles. The SMILES string of the molecule is CC(=O)N(C)c1ccccc1C(=O)NC1(CO)CCC1. The van der Waals surface area contributed by atoms with Crippen LogP contribution < -0.4 is 10.2 Å². The Balaban J connectivity index is 2.24. The van der Waals surface area contributed by atoms with Crippen molar-refractivity contribution in [3.63, 3.8) is 0 Å². The Kier molecular flexibility index (Phi) is 4.09. The van der Waals surface area contributed by atoms with Crippen LogP contribution in [-0.2, 0) is 4.79 Å². The molecule has 0 unspecified atom stereocenters. The number of hydrogen-bond acceptors (Lipinski definition) is 3. The molecule has 0 radical (unpaired) electrons. The lowest BCUT2D eigenvalue weighted by Gasteiger charge is -2.41. The van der Waals surface area contributed by atoms with E-state index in [2.05, 4.69) is 5.32 Å². The fourth-order valence-electron chi connectivity index (χ4n) is 2.36. The monoisotopic (exact) mass is 276 g/mol. The van der Waals surface area contributed by atoms with Crippen LogP contribution in [0.15, 0.2) is 24.3 Å². The number of aliphatic hydroxyl groups excluding tert-OH is 1. The van der Waals surface area contributed by atoms with Crippen LogP contribution in [-0.4, -0.2) is 36.1 Å². The average molecular weight is 276 g/mol. The molecule has 2 amide bonds. The smallest absolute Gasteiger partial charge is 0.253 e. The van der Waals surface area contributed by atoms with Crippen LogP contribution in [0.5, 0.6) is 0 Å². The summed E-state index contributed by atoms with van der Waals surface area (Å²) in [5, 5.41) is 12.3. The predicted molar refractivity (Wildman–Crippen MR) is 76.7 cm³/mol. The van der Waals surface area contributed by atoms with Crippen molar-refractivity contribution in [3.8, 4) is 0 Å². The van der Waals surface area contributed by atoms with Gasteiger partial charge in [-0.15, -0.1) is 0 Å². The topological polar surface area (TPSA) is 69.6 Å². The molecule has 20 heavy (non-hydrogen) atoms. The Morgan fingerprint density at radius 1 is 1.35 bits per heavy atom. The number of hydrogen-bond donors (Lipinski definition) is 2. The number of nitrogens with zero attached hydrogens (tertiary/aromatic N) is 1. The molecule has 1 aliphatic carbocycles. The summed E-state index contributed by atoms with van der Waals surface area (Å²) in [4.78, 5) is 25.3. The zero-order chi connectivity index (χ0) is 14.8. The largest absolute Gasteiger partial charge is 0.394 e. The maximum absolute atomic E-state index is 12.4. The van der Waals surface area contributed by atoms with Gasteiger partial charge in [0.05, 0.1) is 23.4 Å². The molecule has 0 atom stereocenters. The Morgan fingerprint density at radius 3 is 2.50 bits per heavy atom. The van der Waals surface area contributed by atoms with Gasteiger partial charge >= 0.3 is 0 Å². The molecule has 1 aliphatic rings. The van der Waals surface area contributed by atoms with Crippen LogP contribution in [0.4, 0.5) is 5.69 Å². The van der Waals surface area contributed by atoms with E-state index in [-0.39, 0.29) is 18.4 Å². The van der Waals surface area contributed by atoms with Crippen LogP contribution in [0, 0.1) is 0 Å². The molecule has 0 aliphatic heterocycles. The third kappa shape index (κ3) is 2.67. The van der Waals surface area contributed by atoms with Crippen molar-refractivity contribution in [3.05, 3.63) is 29.8 Å².